The minimum absolute atomic E-state index is 0.151. The molecule has 4 heteroatoms. The average molecular weight is 195 g/mol. The van der Waals surface area contributed by atoms with Crippen LogP contribution < -0.4 is 5.32 Å². The van der Waals surface area contributed by atoms with Gasteiger partial charge >= 0.3 is 5.97 Å². The third-order valence-electron chi connectivity index (χ3n) is 2.74. The van der Waals surface area contributed by atoms with E-state index < -0.39 is 23.2 Å². The molecular weight excluding hydrogens is 182 g/mol. The molecule has 1 amide bonds. The lowest BCUT2D eigenvalue weighted by molar-refractivity contribution is -0.140. The molecule has 1 fully saturated rings. The smallest absolute Gasteiger partial charge is 0.307 e. The molecule has 0 aliphatic heterocycles. The second kappa shape index (κ2) is 3.33. The maximum atomic E-state index is 11.4. The number of hydrogen-bond donors (Lipinski definition) is 2. The number of hydrogen-bond acceptors (Lipinski definition) is 2. The molecule has 1 rings (SSSR count). The summed E-state index contributed by atoms with van der Waals surface area (Å²) in [4.78, 5) is 22.2. The molecule has 2 N–H and O–H groups in total. The van der Waals surface area contributed by atoms with E-state index in [1.165, 1.54) is 0 Å². The molecule has 0 aromatic heterocycles. The predicted octanol–water partition coefficient (Wildman–Crippen LogP) is 0.0926. The zero-order valence-corrected chi connectivity index (χ0v) is 8.20. The van der Waals surface area contributed by atoms with Crippen molar-refractivity contribution in [3.05, 3.63) is 0 Å². The Bertz CT molecular complexity index is 314. The molecule has 0 saturated heterocycles. The first-order valence-electron chi connectivity index (χ1n) is 4.37. The number of aliphatic carboxylic acids is 1. The Morgan fingerprint density at radius 2 is 2.07 bits per heavy atom. The van der Waals surface area contributed by atoms with Gasteiger partial charge in [0.15, 0.2) is 0 Å². The van der Waals surface area contributed by atoms with E-state index in [4.69, 9.17) is 11.5 Å². The van der Waals surface area contributed by atoms with Crippen molar-refractivity contribution in [2.24, 2.45) is 17.3 Å². The van der Waals surface area contributed by atoms with E-state index in [1.54, 1.807) is 13.8 Å². The van der Waals surface area contributed by atoms with E-state index in [2.05, 4.69) is 11.2 Å². The molecule has 0 heterocycles. The molecule has 0 bridgehead atoms. The number of carbonyl (C=O) groups excluding carboxylic acids is 1. The zero-order valence-electron chi connectivity index (χ0n) is 8.20. The van der Waals surface area contributed by atoms with Crippen LogP contribution >= 0.6 is 0 Å². The Morgan fingerprint density at radius 3 is 2.43 bits per heavy atom. The lowest BCUT2D eigenvalue weighted by atomic mass is 10.1. The largest absolute Gasteiger partial charge is 0.481 e. The van der Waals surface area contributed by atoms with Crippen molar-refractivity contribution in [1.82, 2.24) is 5.32 Å². The fourth-order valence-corrected chi connectivity index (χ4v) is 1.84. The minimum Gasteiger partial charge on any atom is -0.481 e. The lowest BCUT2D eigenvalue weighted by Crippen LogP contribution is -2.27. The summed E-state index contributed by atoms with van der Waals surface area (Å²) in [5.74, 6) is 0.0555. The molecular formula is C10H13NO3. The van der Waals surface area contributed by atoms with Crippen LogP contribution in [0.1, 0.15) is 13.8 Å². The van der Waals surface area contributed by atoms with E-state index >= 15 is 0 Å². The highest BCUT2D eigenvalue weighted by Crippen LogP contribution is 2.58. The van der Waals surface area contributed by atoms with Crippen LogP contribution in [-0.4, -0.2) is 23.5 Å². The van der Waals surface area contributed by atoms with Gasteiger partial charge in [0.2, 0.25) is 5.91 Å². The summed E-state index contributed by atoms with van der Waals surface area (Å²) in [7, 11) is 0. The topological polar surface area (TPSA) is 66.4 Å². The monoisotopic (exact) mass is 195 g/mol. The molecule has 4 nitrogen and oxygen atoms in total. The van der Waals surface area contributed by atoms with Gasteiger partial charge in [-0.1, -0.05) is 19.8 Å². The van der Waals surface area contributed by atoms with Gasteiger partial charge < -0.3 is 10.4 Å². The number of amides is 1. The normalized spacial score (nSPS) is 27.5. The Balaban J connectivity index is 2.60. The summed E-state index contributed by atoms with van der Waals surface area (Å²) in [6.45, 7) is 3.69. The summed E-state index contributed by atoms with van der Waals surface area (Å²) >= 11 is 0. The molecule has 0 radical (unpaired) electrons. The van der Waals surface area contributed by atoms with Crippen LogP contribution in [0.2, 0.25) is 0 Å². The Hall–Kier alpha value is -1.50. The molecule has 0 aromatic carbocycles. The van der Waals surface area contributed by atoms with Gasteiger partial charge in [-0.2, -0.15) is 0 Å². The summed E-state index contributed by atoms with van der Waals surface area (Å²) in [5.41, 5.74) is -0.454. The van der Waals surface area contributed by atoms with E-state index in [9.17, 15) is 9.59 Å². The van der Waals surface area contributed by atoms with Crippen molar-refractivity contribution in [1.29, 1.82) is 0 Å². The predicted molar refractivity (Wildman–Crippen MR) is 50.2 cm³/mol. The molecule has 2 atom stereocenters. The summed E-state index contributed by atoms with van der Waals surface area (Å²) in [6, 6.07) is 0. The number of nitrogens with one attached hydrogen (secondary N) is 1. The van der Waals surface area contributed by atoms with Gasteiger partial charge in [-0.25, -0.2) is 0 Å². The molecule has 1 aliphatic rings. The third-order valence-corrected chi connectivity index (χ3v) is 2.74. The van der Waals surface area contributed by atoms with E-state index in [1.807, 2.05) is 0 Å². The molecule has 14 heavy (non-hydrogen) atoms. The van der Waals surface area contributed by atoms with E-state index in [0.717, 1.165) is 0 Å². The van der Waals surface area contributed by atoms with Crippen molar-refractivity contribution in [2.45, 2.75) is 13.8 Å². The molecule has 76 valence electrons. The SMILES string of the molecule is C#CCNC(=O)[C@H]1[C@@H](C(=O)O)C1(C)C. The summed E-state index contributed by atoms with van der Waals surface area (Å²) in [5, 5.41) is 11.3. The van der Waals surface area contributed by atoms with Gasteiger partial charge in [0.25, 0.3) is 0 Å². The molecule has 0 unspecified atom stereocenters. The van der Waals surface area contributed by atoms with Crippen molar-refractivity contribution in [2.75, 3.05) is 6.54 Å². The van der Waals surface area contributed by atoms with Gasteiger partial charge in [-0.05, 0) is 5.41 Å². The van der Waals surface area contributed by atoms with Gasteiger partial charge in [-0.15, -0.1) is 6.42 Å². The summed E-state index contributed by atoms with van der Waals surface area (Å²) in [6.07, 6.45) is 4.98. The van der Waals surface area contributed by atoms with Gasteiger partial charge in [0.1, 0.15) is 0 Å². The number of terminal acetylenes is 1. The highest BCUT2D eigenvalue weighted by molar-refractivity contribution is 5.91. The fourth-order valence-electron chi connectivity index (χ4n) is 1.84. The second-order valence-electron chi connectivity index (χ2n) is 4.04. The highest BCUT2D eigenvalue weighted by atomic mass is 16.4. The van der Waals surface area contributed by atoms with Crippen LogP contribution in [-0.2, 0) is 9.59 Å². The first kappa shape index (κ1) is 10.6. The maximum Gasteiger partial charge on any atom is 0.307 e. The minimum atomic E-state index is -0.921. The standard InChI is InChI=1S/C10H13NO3/c1-4-5-11-8(12)6-7(9(13)14)10(6,2)3/h1,6-7H,5H2,2-3H3,(H,11,12)(H,13,14)/t6-,7+/m1/s1. The van der Waals surface area contributed by atoms with Gasteiger partial charge in [0.05, 0.1) is 18.4 Å². The van der Waals surface area contributed by atoms with Crippen LogP contribution in [0, 0.1) is 29.6 Å². The van der Waals surface area contributed by atoms with Crippen LogP contribution in [0.4, 0.5) is 0 Å². The number of carboxylic acids is 1. The highest BCUT2D eigenvalue weighted by Gasteiger charge is 2.65. The first-order valence-corrected chi connectivity index (χ1v) is 4.37. The number of carbonyl (C=O) groups is 2. The van der Waals surface area contributed by atoms with Crippen molar-refractivity contribution < 1.29 is 14.7 Å². The first-order chi connectivity index (χ1) is 6.42. The maximum absolute atomic E-state index is 11.4. The lowest BCUT2D eigenvalue weighted by Gasteiger charge is -2.01. The van der Waals surface area contributed by atoms with Crippen LogP contribution in [0.5, 0.6) is 0 Å². The Labute approximate surface area is 82.7 Å². The molecule has 1 aliphatic carbocycles. The third kappa shape index (κ3) is 1.58. The zero-order chi connectivity index (χ0) is 10.9. The van der Waals surface area contributed by atoms with Crippen molar-refractivity contribution in [3.8, 4) is 12.3 Å². The Morgan fingerprint density at radius 1 is 1.50 bits per heavy atom. The average Bonchev–Trinajstić information content (AvgIpc) is 2.65. The van der Waals surface area contributed by atoms with E-state index in [-0.39, 0.29) is 12.5 Å². The quantitative estimate of drug-likeness (QED) is 0.627. The summed E-state index contributed by atoms with van der Waals surface area (Å²) < 4.78 is 0. The van der Waals surface area contributed by atoms with Crippen LogP contribution in [0.15, 0.2) is 0 Å². The molecule has 0 aromatic rings. The van der Waals surface area contributed by atoms with Gasteiger partial charge in [0, 0.05) is 0 Å². The van der Waals surface area contributed by atoms with Crippen molar-refractivity contribution >= 4 is 11.9 Å². The van der Waals surface area contributed by atoms with Crippen LogP contribution in [0.25, 0.3) is 0 Å². The Kier molecular flexibility index (Phi) is 2.52. The second-order valence-corrected chi connectivity index (χ2v) is 4.04. The van der Waals surface area contributed by atoms with Crippen LogP contribution in [0.3, 0.4) is 0 Å². The molecule has 0 spiro atoms. The van der Waals surface area contributed by atoms with Crippen molar-refractivity contribution in [3.63, 3.8) is 0 Å². The van der Waals surface area contributed by atoms with Gasteiger partial charge in [-0.3, -0.25) is 9.59 Å². The number of carboxylic acid groups (broad SMARTS) is 1. The molecule has 1 saturated carbocycles. The number of rotatable bonds is 3. The van der Waals surface area contributed by atoms with E-state index in [0.29, 0.717) is 0 Å². The fraction of sp³-hybridized carbons (Fsp3) is 0.600.